The molecule has 0 radical (unpaired) electrons. The molecule has 2 atom stereocenters. The Labute approximate surface area is 94.2 Å². The number of unbranched alkanes of at least 4 members (excludes halogenated alkanes) is 1. The Bertz CT molecular complexity index is 219. The fourth-order valence-corrected chi connectivity index (χ4v) is 3.14. The molecular formula is C11H18BrNO. The number of nitrogens with zero attached hydrogens (tertiary/aromatic N) is 1. The summed E-state index contributed by atoms with van der Waals surface area (Å²) >= 11 is 3.39. The minimum Gasteiger partial charge on any atom is -0.339 e. The van der Waals surface area contributed by atoms with Gasteiger partial charge in [0.15, 0.2) is 0 Å². The van der Waals surface area contributed by atoms with Gasteiger partial charge in [0.05, 0.1) is 0 Å². The summed E-state index contributed by atoms with van der Waals surface area (Å²) in [7, 11) is 0. The minimum atomic E-state index is 0.401. The van der Waals surface area contributed by atoms with Crippen molar-refractivity contribution in [2.45, 2.75) is 44.6 Å². The standard InChI is InChI=1S/C11H18BrNO/c12-6-2-1-3-11(14)13-8-9-4-5-10(13)7-9/h9-10H,1-8H2. The lowest BCUT2D eigenvalue weighted by Gasteiger charge is -2.27. The van der Waals surface area contributed by atoms with Gasteiger partial charge in [-0.3, -0.25) is 4.79 Å². The third-order valence-corrected chi connectivity index (χ3v) is 4.06. The van der Waals surface area contributed by atoms with Gasteiger partial charge in [0.2, 0.25) is 5.91 Å². The fourth-order valence-electron chi connectivity index (χ4n) is 2.74. The molecule has 1 aliphatic carbocycles. The number of fused-ring (bicyclic) bond motifs is 2. The largest absolute Gasteiger partial charge is 0.339 e. The molecule has 1 heterocycles. The first kappa shape index (κ1) is 10.5. The number of hydrogen-bond donors (Lipinski definition) is 0. The Balaban J connectivity index is 1.75. The van der Waals surface area contributed by atoms with Crippen LogP contribution in [0.2, 0.25) is 0 Å². The van der Waals surface area contributed by atoms with E-state index in [1.54, 1.807) is 0 Å². The second kappa shape index (κ2) is 4.65. The van der Waals surface area contributed by atoms with Crippen LogP contribution in [0.1, 0.15) is 38.5 Å². The van der Waals surface area contributed by atoms with Crippen LogP contribution < -0.4 is 0 Å². The van der Waals surface area contributed by atoms with E-state index in [2.05, 4.69) is 20.8 Å². The molecule has 0 aromatic carbocycles. The van der Waals surface area contributed by atoms with Crippen molar-refractivity contribution >= 4 is 21.8 Å². The zero-order chi connectivity index (χ0) is 9.97. The zero-order valence-corrected chi connectivity index (χ0v) is 10.1. The number of rotatable bonds is 4. The molecule has 1 amide bonds. The van der Waals surface area contributed by atoms with Crippen molar-refractivity contribution in [1.82, 2.24) is 4.90 Å². The van der Waals surface area contributed by atoms with Crippen molar-refractivity contribution in [2.24, 2.45) is 5.92 Å². The molecule has 3 heteroatoms. The highest BCUT2D eigenvalue weighted by molar-refractivity contribution is 9.09. The number of halogens is 1. The Hall–Kier alpha value is -0.0500. The highest BCUT2D eigenvalue weighted by Gasteiger charge is 2.39. The Morgan fingerprint density at radius 2 is 2.21 bits per heavy atom. The van der Waals surface area contributed by atoms with Gasteiger partial charge in [-0.05, 0) is 38.0 Å². The maximum Gasteiger partial charge on any atom is 0.222 e. The lowest BCUT2D eigenvalue weighted by molar-refractivity contribution is -0.132. The first-order chi connectivity index (χ1) is 6.81. The average molecular weight is 260 g/mol. The van der Waals surface area contributed by atoms with Crippen molar-refractivity contribution < 1.29 is 4.79 Å². The summed E-state index contributed by atoms with van der Waals surface area (Å²) < 4.78 is 0. The summed E-state index contributed by atoms with van der Waals surface area (Å²) in [5.41, 5.74) is 0. The van der Waals surface area contributed by atoms with Crippen LogP contribution in [0, 0.1) is 5.92 Å². The van der Waals surface area contributed by atoms with E-state index in [-0.39, 0.29) is 0 Å². The molecule has 0 aromatic rings. The predicted octanol–water partition coefficient (Wildman–Crippen LogP) is 2.56. The fraction of sp³-hybridized carbons (Fsp3) is 0.909. The van der Waals surface area contributed by atoms with Gasteiger partial charge >= 0.3 is 0 Å². The van der Waals surface area contributed by atoms with Gasteiger partial charge in [-0.15, -0.1) is 0 Å². The highest BCUT2D eigenvalue weighted by Crippen LogP contribution is 2.37. The smallest absolute Gasteiger partial charge is 0.222 e. The van der Waals surface area contributed by atoms with Gasteiger partial charge in [-0.25, -0.2) is 0 Å². The summed E-state index contributed by atoms with van der Waals surface area (Å²) in [6.45, 7) is 1.05. The summed E-state index contributed by atoms with van der Waals surface area (Å²) in [4.78, 5) is 14.0. The van der Waals surface area contributed by atoms with E-state index in [0.717, 1.165) is 37.1 Å². The number of alkyl halides is 1. The van der Waals surface area contributed by atoms with Crippen LogP contribution in [0.5, 0.6) is 0 Å². The number of hydrogen-bond acceptors (Lipinski definition) is 1. The Kier molecular flexibility index (Phi) is 3.47. The Morgan fingerprint density at radius 1 is 1.36 bits per heavy atom. The zero-order valence-electron chi connectivity index (χ0n) is 8.54. The molecule has 2 aliphatic rings. The molecule has 2 unspecified atom stereocenters. The topological polar surface area (TPSA) is 20.3 Å². The second-order valence-electron chi connectivity index (χ2n) is 4.53. The first-order valence-electron chi connectivity index (χ1n) is 5.66. The predicted molar refractivity (Wildman–Crippen MR) is 60.5 cm³/mol. The van der Waals surface area contributed by atoms with E-state index in [4.69, 9.17) is 0 Å². The maximum absolute atomic E-state index is 11.8. The monoisotopic (exact) mass is 259 g/mol. The summed E-state index contributed by atoms with van der Waals surface area (Å²) in [6, 6.07) is 0.608. The number of carbonyl (C=O) groups excluding carboxylic acids is 1. The third-order valence-electron chi connectivity index (χ3n) is 3.50. The molecule has 0 N–H and O–H groups in total. The first-order valence-corrected chi connectivity index (χ1v) is 6.79. The molecule has 2 nitrogen and oxygen atoms in total. The third kappa shape index (κ3) is 2.13. The van der Waals surface area contributed by atoms with Crippen LogP contribution in [0.25, 0.3) is 0 Å². The van der Waals surface area contributed by atoms with E-state index in [9.17, 15) is 4.79 Å². The normalized spacial score (nSPS) is 29.9. The molecule has 1 aliphatic heterocycles. The van der Waals surface area contributed by atoms with E-state index in [1.807, 2.05) is 0 Å². The SMILES string of the molecule is O=C(CCCCBr)N1CC2CCC1C2. The molecular weight excluding hydrogens is 242 g/mol. The van der Waals surface area contributed by atoms with Crippen molar-refractivity contribution in [2.75, 3.05) is 11.9 Å². The van der Waals surface area contributed by atoms with Crippen LogP contribution in [-0.2, 0) is 4.79 Å². The van der Waals surface area contributed by atoms with Gasteiger partial charge in [-0.1, -0.05) is 15.9 Å². The molecule has 2 fully saturated rings. The van der Waals surface area contributed by atoms with Crippen molar-refractivity contribution in [3.05, 3.63) is 0 Å². The molecule has 2 rings (SSSR count). The van der Waals surface area contributed by atoms with E-state index < -0.39 is 0 Å². The van der Waals surface area contributed by atoms with Crippen LogP contribution >= 0.6 is 15.9 Å². The van der Waals surface area contributed by atoms with Crippen molar-refractivity contribution in [3.8, 4) is 0 Å². The van der Waals surface area contributed by atoms with Gasteiger partial charge in [-0.2, -0.15) is 0 Å². The number of piperidine rings is 1. The number of carbonyl (C=O) groups is 1. The molecule has 1 saturated heterocycles. The van der Waals surface area contributed by atoms with Gasteiger partial charge in [0.25, 0.3) is 0 Å². The average Bonchev–Trinajstić information content (AvgIpc) is 2.79. The summed E-state index contributed by atoms with van der Waals surface area (Å²) in [5.74, 6) is 1.23. The van der Waals surface area contributed by atoms with Crippen molar-refractivity contribution in [3.63, 3.8) is 0 Å². The lowest BCUT2D eigenvalue weighted by Crippen LogP contribution is -2.37. The molecule has 0 spiro atoms. The summed E-state index contributed by atoms with van der Waals surface area (Å²) in [5, 5.41) is 1.02. The Morgan fingerprint density at radius 3 is 2.79 bits per heavy atom. The highest BCUT2D eigenvalue weighted by atomic mass is 79.9. The minimum absolute atomic E-state index is 0.401. The van der Waals surface area contributed by atoms with Crippen molar-refractivity contribution in [1.29, 1.82) is 0 Å². The van der Waals surface area contributed by atoms with E-state index in [0.29, 0.717) is 11.9 Å². The second-order valence-corrected chi connectivity index (χ2v) is 5.32. The molecule has 14 heavy (non-hydrogen) atoms. The van der Waals surface area contributed by atoms with E-state index in [1.165, 1.54) is 19.3 Å². The number of amides is 1. The van der Waals surface area contributed by atoms with Crippen LogP contribution in [0.15, 0.2) is 0 Å². The molecule has 1 saturated carbocycles. The summed E-state index contributed by atoms with van der Waals surface area (Å²) in [6.07, 6.45) is 6.81. The van der Waals surface area contributed by atoms with E-state index >= 15 is 0 Å². The quantitative estimate of drug-likeness (QED) is 0.562. The maximum atomic E-state index is 11.8. The van der Waals surface area contributed by atoms with Gasteiger partial charge in [0, 0.05) is 24.3 Å². The molecule has 0 aromatic heterocycles. The lowest BCUT2D eigenvalue weighted by atomic mass is 10.1. The van der Waals surface area contributed by atoms with Gasteiger partial charge < -0.3 is 4.90 Å². The molecule has 2 bridgehead atoms. The van der Waals surface area contributed by atoms with Crippen LogP contribution in [0.3, 0.4) is 0 Å². The molecule has 80 valence electrons. The van der Waals surface area contributed by atoms with Gasteiger partial charge in [0.1, 0.15) is 0 Å². The van der Waals surface area contributed by atoms with Crippen LogP contribution in [0.4, 0.5) is 0 Å². The van der Waals surface area contributed by atoms with Crippen LogP contribution in [-0.4, -0.2) is 28.7 Å². The number of likely N-dealkylation sites (tertiary alicyclic amines) is 1.